The van der Waals surface area contributed by atoms with Crippen LogP contribution in [-0.2, 0) is 7.05 Å². The number of amidine groups is 1. The maximum absolute atomic E-state index is 6.12. The van der Waals surface area contributed by atoms with E-state index in [9.17, 15) is 0 Å². The molecular weight excluding hydrogens is 312 g/mol. The lowest BCUT2D eigenvalue weighted by atomic mass is 10.0. The van der Waals surface area contributed by atoms with Crippen LogP contribution in [0.3, 0.4) is 0 Å². The van der Waals surface area contributed by atoms with E-state index in [0.717, 1.165) is 11.1 Å². The molecule has 0 saturated heterocycles. The van der Waals surface area contributed by atoms with Gasteiger partial charge < -0.3 is 10.3 Å². The first kappa shape index (κ1) is 16.8. The molecule has 0 unspecified atom stereocenters. The zero-order valence-electron chi connectivity index (χ0n) is 14.9. The van der Waals surface area contributed by atoms with Crippen molar-refractivity contribution in [3.63, 3.8) is 0 Å². The minimum atomic E-state index is 0.364. The van der Waals surface area contributed by atoms with Crippen LogP contribution in [0.15, 0.2) is 46.8 Å². The molecule has 3 aromatic rings. The average Bonchev–Trinajstić information content (AvgIpc) is 2.93. The number of aliphatic imine (C=N–C) groups is 2. The molecule has 0 aliphatic carbocycles. The van der Waals surface area contributed by atoms with Crippen LogP contribution in [0.4, 0.5) is 5.95 Å². The molecule has 0 aliphatic rings. The molecule has 0 saturated carbocycles. The zero-order chi connectivity index (χ0) is 18.0. The molecule has 2 aromatic heterocycles. The highest BCUT2D eigenvalue weighted by molar-refractivity contribution is 6.04. The fraction of sp³-hybridized carbons (Fsp3) is 0.263. The van der Waals surface area contributed by atoms with Gasteiger partial charge in [-0.3, -0.25) is 0 Å². The number of fused-ring (bicyclic) bond motifs is 1. The Bertz CT molecular complexity index is 948. The van der Waals surface area contributed by atoms with Crippen molar-refractivity contribution in [3.05, 3.63) is 53.5 Å². The summed E-state index contributed by atoms with van der Waals surface area (Å²) in [4.78, 5) is 16.5. The monoisotopic (exact) mass is 334 g/mol. The van der Waals surface area contributed by atoms with E-state index in [0.29, 0.717) is 17.7 Å². The van der Waals surface area contributed by atoms with Crippen LogP contribution >= 0.6 is 0 Å². The van der Waals surface area contributed by atoms with Crippen LogP contribution in [0.25, 0.3) is 10.9 Å². The first-order valence-electron chi connectivity index (χ1n) is 8.19. The Hall–Kier alpha value is -3.02. The van der Waals surface area contributed by atoms with Crippen LogP contribution in [0.5, 0.6) is 0 Å². The molecule has 0 amide bonds. The molecule has 0 spiro atoms. The Morgan fingerprint density at radius 2 is 1.96 bits per heavy atom. The highest BCUT2D eigenvalue weighted by Crippen LogP contribution is 2.27. The number of rotatable bonds is 4. The first-order chi connectivity index (χ1) is 12.0. The van der Waals surface area contributed by atoms with E-state index in [1.54, 1.807) is 12.4 Å². The molecule has 128 valence electrons. The van der Waals surface area contributed by atoms with Crippen LogP contribution in [-0.4, -0.2) is 26.7 Å². The summed E-state index contributed by atoms with van der Waals surface area (Å²) in [6.07, 6.45) is 6.98. The zero-order valence-corrected chi connectivity index (χ0v) is 14.9. The Morgan fingerprint density at radius 3 is 2.64 bits per heavy atom. The Morgan fingerprint density at radius 1 is 1.24 bits per heavy atom. The van der Waals surface area contributed by atoms with Crippen molar-refractivity contribution in [2.45, 2.75) is 26.7 Å². The van der Waals surface area contributed by atoms with Gasteiger partial charge in [0.05, 0.1) is 0 Å². The number of aryl methyl sites for hydroxylation is 2. The molecule has 2 heterocycles. The van der Waals surface area contributed by atoms with E-state index in [1.165, 1.54) is 22.8 Å². The van der Waals surface area contributed by atoms with Gasteiger partial charge in [-0.05, 0) is 42.2 Å². The summed E-state index contributed by atoms with van der Waals surface area (Å²) in [6, 6.07) is 6.13. The summed E-state index contributed by atoms with van der Waals surface area (Å²) in [7, 11) is 2.06. The van der Waals surface area contributed by atoms with Crippen LogP contribution < -0.4 is 5.73 Å². The van der Waals surface area contributed by atoms with E-state index in [-0.39, 0.29) is 0 Å². The van der Waals surface area contributed by atoms with E-state index < -0.39 is 0 Å². The second-order valence-corrected chi connectivity index (χ2v) is 6.40. The summed E-state index contributed by atoms with van der Waals surface area (Å²) >= 11 is 0. The van der Waals surface area contributed by atoms with Crippen LogP contribution in [0.2, 0.25) is 0 Å². The van der Waals surface area contributed by atoms with Gasteiger partial charge in [0, 0.05) is 42.1 Å². The number of benzene rings is 1. The molecule has 0 fully saturated rings. The molecule has 3 rings (SSSR count). The third-order valence-corrected chi connectivity index (χ3v) is 4.08. The normalized spacial score (nSPS) is 12.6. The summed E-state index contributed by atoms with van der Waals surface area (Å²) in [5.41, 5.74) is 10.5. The summed E-state index contributed by atoms with van der Waals surface area (Å²) in [5.74, 6) is 1.22. The van der Waals surface area contributed by atoms with E-state index in [1.807, 2.05) is 13.0 Å². The van der Waals surface area contributed by atoms with Gasteiger partial charge in [-0.1, -0.05) is 13.8 Å². The number of nitrogens with two attached hydrogens (primary N) is 1. The first-order valence-corrected chi connectivity index (χ1v) is 8.19. The van der Waals surface area contributed by atoms with Crippen molar-refractivity contribution in [2.75, 3.05) is 0 Å². The van der Waals surface area contributed by atoms with Gasteiger partial charge in [0.1, 0.15) is 12.2 Å². The van der Waals surface area contributed by atoms with Crippen molar-refractivity contribution in [3.8, 4) is 0 Å². The largest absolute Gasteiger partial charge is 0.383 e. The summed E-state index contributed by atoms with van der Waals surface area (Å²) < 4.78 is 2.14. The lowest BCUT2D eigenvalue weighted by Crippen LogP contribution is -2.13. The van der Waals surface area contributed by atoms with Crippen molar-refractivity contribution in [2.24, 2.45) is 22.8 Å². The highest BCUT2D eigenvalue weighted by atomic mass is 15.1. The van der Waals surface area contributed by atoms with Gasteiger partial charge >= 0.3 is 0 Å². The molecule has 0 atom stereocenters. The number of nitrogens with zero attached hydrogens (tertiary/aromatic N) is 5. The highest BCUT2D eigenvalue weighted by Gasteiger charge is 2.11. The summed E-state index contributed by atoms with van der Waals surface area (Å²) in [5, 5.41) is 1.20. The third kappa shape index (κ3) is 3.57. The molecule has 0 aliphatic heterocycles. The third-order valence-electron chi connectivity index (χ3n) is 4.08. The molecule has 6 heteroatoms. The lowest BCUT2D eigenvalue weighted by molar-refractivity contribution is 0.857. The maximum atomic E-state index is 6.12. The minimum Gasteiger partial charge on any atom is -0.383 e. The van der Waals surface area contributed by atoms with E-state index in [2.05, 4.69) is 63.7 Å². The van der Waals surface area contributed by atoms with Crippen molar-refractivity contribution in [1.29, 1.82) is 0 Å². The number of hydrogen-bond donors (Lipinski definition) is 1. The topological polar surface area (TPSA) is 81.5 Å². The molecule has 2 N–H and O–H groups in total. The van der Waals surface area contributed by atoms with E-state index in [4.69, 9.17) is 5.73 Å². The Balaban J connectivity index is 1.89. The van der Waals surface area contributed by atoms with Gasteiger partial charge in [-0.15, -0.1) is 0 Å². The van der Waals surface area contributed by atoms with Gasteiger partial charge in [0.2, 0.25) is 0 Å². The van der Waals surface area contributed by atoms with Crippen molar-refractivity contribution < 1.29 is 0 Å². The molecule has 6 nitrogen and oxygen atoms in total. The van der Waals surface area contributed by atoms with Gasteiger partial charge in [0.15, 0.2) is 0 Å². The standard InChI is InChI=1S/C19H22N6/c1-12(2)16-10-25(4)17-6-5-14(7-15(16)17)18(20)23-11-24-19-21-8-13(3)9-22-19/h5-12H,1-4H3,(H2,20,21,22,23,24). The van der Waals surface area contributed by atoms with E-state index >= 15 is 0 Å². The molecule has 25 heavy (non-hydrogen) atoms. The SMILES string of the molecule is Cc1cnc(/N=C/N=C(N)c2ccc3c(c2)c(C(C)C)cn3C)nc1. The molecular formula is C19H22N6. The van der Waals surface area contributed by atoms with Gasteiger partial charge in [-0.2, -0.15) is 4.99 Å². The lowest BCUT2D eigenvalue weighted by Gasteiger charge is -2.04. The van der Waals surface area contributed by atoms with Crippen molar-refractivity contribution in [1.82, 2.24) is 14.5 Å². The Kier molecular flexibility index (Phi) is 4.61. The van der Waals surface area contributed by atoms with Gasteiger partial charge in [-0.25, -0.2) is 15.0 Å². The average molecular weight is 334 g/mol. The van der Waals surface area contributed by atoms with Crippen molar-refractivity contribution >= 4 is 29.0 Å². The Labute approximate surface area is 147 Å². The predicted molar refractivity (Wildman–Crippen MR) is 103 cm³/mol. The predicted octanol–water partition coefficient (Wildman–Crippen LogP) is 3.47. The smallest absolute Gasteiger partial charge is 0.250 e. The second kappa shape index (κ2) is 6.84. The quantitative estimate of drug-likeness (QED) is 0.586. The fourth-order valence-corrected chi connectivity index (χ4v) is 2.71. The number of aromatic nitrogens is 3. The number of hydrogen-bond acceptors (Lipinski definition) is 3. The van der Waals surface area contributed by atoms with Gasteiger partial charge in [0.25, 0.3) is 5.95 Å². The summed E-state index contributed by atoms with van der Waals surface area (Å²) in [6.45, 7) is 6.30. The van der Waals surface area contributed by atoms with Crippen LogP contribution in [0, 0.1) is 6.92 Å². The molecule has 0 radical (unpaired) electrons. The maximum Gasteiger partial charge on any atom is 0.250 e. The fourth-order valence-electron chi connectivity index (χ4n) is 2.71. The minimum absolute atomic E-state index is 0.364. The molecule has 0 bridgehead atoms. The second-order valence-electron chi connectivity index (χ2n) is 6.40. The molecule has 1 aromatic carbocycles. The van der Waals surface area contributed by atoms with Crippen LogP contribution in [0.1, 0.15) is 36.5 Å².